The molecule has 0 amide bonds. The Morgan fingerprint density at radius 3 is 2.64 bits per heavy atom. The highest BCUT2D eigenvalue weighted by Gasteiger charge is 2.34. The van der Waals surface area contributed by atoms with Crippen molar-refractivity contribution in [3.8, 4) is 11.4 Å². The number of rotatable bonds is 7. The molecule has 6 nitrogen and oxygen atoms in total. The van der Waals surface area contributed by atoms with Gasteiger partial charge in [0.05, 0.1) is 22.9 Å². The summed E-state index contributed by atoms with van der Waals surface area (Å²) >= 11 is 6.60. The van der Waals surface area contributed by atoms with Crippen LogP contribution in [-0.4, -0.2) is 36.4 Å². The highest BCUT2D eigenvalue weighted by molar-refractivity contribution is 6.33. The van der Waals surface area contributed by atoms with Crippen LogP contribution in [0.5, 0.6) is 0 Å². The van der Waals surface area contributed by atoms with E-state index in [1.54, 1.807) is 11.6 Å². The van der Waals surface area contributed by atoms with E-state index in [4.69, 9.17) is 21.3 Å². The van der Waals surface area contributed by atoms with Crippen molar-refractivity contribution in [2.75, 3.05) is 30.9 Å². The maximum Gasteiger partial charge on any atom is 0.277 e. The largest absolute Gasteiger partial charge is 0.378 e. The molecule has 1 aliphatic carbocycles. The van der Waals surface area contributed by atoms with Crippen LogP contribution in [0.25, 0.3) is 11.4 Å². The first-order valence-corrected chi connectivity index (χ1v) is 11.8. The number of aromatic nitrogens is 2. The van der Waals surface area contributed by atoms with Crippen LogP contribution in [0.4, 0.5) is 11.4 Å². The first-order valence-electron chi connectivity index (χ1n) is 11.4. The van der Waals surface area contributed by atoms with Gasteiger partial charge < -0.3 is 15.0 Å². The van der Waals surface area contributed by atoms with Crippen LogP contribution in [0.2, 0.25) is 5.02 Å². The molecule has 0 saturated carbocycles. The molecule has 174 valence electrons. The molecule has 0 radical (unpaired) electrons. The summed E-state index contributed by atoms with van der Waals surface area (Å²) in [4.78, 5) is 20.4. The summed E-state index contributed by atoms with van der Waals surface area (Å²) in [5, 5.41) is 4.08. The Hall–Kier alpha value is -2.83. The maximum atomic E-state index is 13.6. The highest BCUT2D eigenvalue weighted by atomic mass is 35.5. The number of anilines is 2. The lowest BCUT2D eigenvalue weighted by Gasteiger charge is -2.24. The van der Waals surface area contributed by atoms with Crippen LogP contribution in [0.3, 0.4) is 0 Å². The van der Waals surface area contributed by atoms with E-state index in [2.05, 4.69) is 17.4 Å². The molecule has 0 bridgehead atoms. The van der Waals surface area contributed by atoms with Crippen LogP contribution in [0.1, 0.15) is 36.7 Å². The lowest BCUT2D eigenvalue weighted by atomic mass is 10.1. The lowest BCUT2D eigenvalue weighted by Crippen LogP contribution is -2.31. The number of hydrogen-bond acceptors (Lipinski definition) is 5. The summed E-state index contributed by atoms with van der Waals surface area (Å²) in [5.41, 5.74) is 5.28. The van der Waals surface area contributed by atoms with E-state index in [-0.39, 0.29) is 17.7 Å². The molecular weight excluding hydrogens is 436 g/mol. The number of hydrogen-bond donors (Lipinski definition) is 1. The Morgan fingerprint density at radius 2 is 1.97 bits per heavy atom. The van der Waals surface area contributed by atoms with Gasteiger partial charge in [-0.2, -0.15) is 0 Å². The van der Waals surface area contributed by atoms with Gasteiger partial charge in [-0.05, 0) is 42.7 Å². The molecule has 1 aromatic heterocycles. The van der Waals surface area contributed by atoms with Crippen molar-refractivity contribution in [2.24, 2.45) is 7.05 Å². The van der Waals surface area contributed by atoms with Gasteiger partial charge >= 0.3 is 0 Å². The van der Waals surface area contributed by atoms with E-state index in [0.29, 0.717) is 29.6 Å². The average Bonchev–Trinajstić information content (AvgIpc) is 3.14. The van der Waals surface area contributed by atoms with Crippen molar-refractivity contribution in [1.82, 2.24) is 9.55 Å². The monoisotopic (exact) mass is 466 g/mol. The molecule has 4 rings (SSSR count). The van der Waals surface area contributed by atoms with Gasteiger partial charge in [0, 0.05) is 45.4 Å². The van der Waals surface area contributed by atoms with Crippen molar-refractivity contribution in [1.29, 1.82) is 0 Å². The van der Waals surface area contributed by atoms with Gasteiger partial charge in [0.2, 0.25) is 0 Å². The first kappa shape index (κ1) is 23.3. The fourth-order valence-corrected chi connectivity index (χ4v) is 4.76. The van der Waals surface area contributed by atoms with Crippen LogP contribution in [-0.2, 0) is 24.6 Å². The zero-order valence-electron chi connectivity index (χ0n) is 19.9. The van der Waals surface area contributed by atoms with Crippen molar-refractivity contribution < 1.29 is 4.74 Å². The zero-order valence-corrected chi connectivity index (χ0v) is 20.6. The Morgan fingerprint density at radius 1 is 1.21 bits per heavy atom. The molecule has 1 aliphatic rings. The second-order valence-electron chi connectivity index (χ2n) is 8.55. The minimum Gasteiger partial charge on any atom is -0.378 e. The first-order chi connectivity index (χ1) is 15.8. The molecule has 7 heteroatoms. The molecule has 1 N–H and O–H groups in total. The number of halogens is 1. The van der Waals surface area contributed by atoms with E-state index in [0.717, 1.165) is 23.4 Å². The molecule has 1 heterocycles. The van der Waals surface area contributed by atoms with E-state index < -0.39 is 0 Å². The molecular formula is C26H31ClN4O2. The number of nitrogens with one attached hydrogen (secondary N) is 1. The van der Waals surface area contributed by atoms with Gasteiger partial charge in [-0.25, -0.2) is 4.98 Å². The summed E-state index contributed by atoms with van der Waals surface area (Å²) in [6, 6.07) is 14.0. The molecule has 0 fully saturated rings. The molecule has 2 aromatic carbocycles. The summed E-state index contributed by atoms with van der Waals surface area (Å²) in [6.07, 6.45) is 1.41. The topological polar surface area (TPSA) is 59.4 Å². The van der Waals surface area contributed by atoms with Crippen molar-refractivity contribution in [3.05, 3.63) is 74.7 Å². The third-order valence-electron chi connectivity index (χ3n) is 6.27. The molecule has 0 aliphatic heterocycles. The molecule has 0 spiro atoms. The van der Waals surface area contributed by atoms with Crippen LogP contribution in [0, 0.1) is 0 Å². The summed E-state index contributed by atoms with van der Waals surface area (Å²) in [7, 11) is 5.67. The van der Waals surface area contributed by atoms with E-state index in [9.17, 15) is 4.79 Å². The molecule has 0 unspecified atom stereocenters. The second-order valence-corrected chi connectivity index (χ2v) is 8.96. The predicted octanol–water partition coefficient (Wildman–Crippen LogP) is 4.84. The fraction of sp³-hybridized carbons (Fsp3) is 0.385. The average molecular weight is 467 g/mol. The van der Waals surface area contributed by atoms with Gasteiger partial charge in [0.25, 0.3) is 5.56 Å². The quantitative estimate of drug-likeness (QED) is 0.539. The summed E-state index contributed by atoms with van der Waals surface area (Å²) in [5.74, 6) is 0.561. The Balaban J connectivity index is 1.77. The third-order valence-corrected chi connectivity index (χ3v) is 6.59. The number of aryl methyl sites for hydroxylation is 1. The van der Waals surface area contributed by atoms with Gasteiger partial charge in [-0.15, -0.1) is 0 Å². The van der Waals surface area contributed by atoms with E-state index in [1.807, 2.05) is 63.2 Å². The minimum atomic E-state index is -0.121. The second kappa shape index (κ2) is 9.57. The van der Waals surface area contributed by atoms with Gasteiger partial charge in [0.1, 0.15) is 11.5 Å². The smallest absolute Gasteiger partial charge is 0.277 e. The maximum absolute atomic E-state index is 13.6. The summed E-state index contributed by atoms with van der Waals surface area (Å²) in [6.45, 7) is 4.63. The highest BCUT2D eigenvalue weighted by Crippen LogP contribution is 2.36. The normalized spacial score (nSPS) is 17.2. The fourth-order valence-electron chi connectivity index (χ4n) is 4.51. The van der Waals surface area contributed by atoms with Crippen molar-refractivity contribution in [3.63, 3.8) is 0 Å². The minimum absolute atomic E-state index is 0.0329. The molecule has 0 saturated heterocycles. The molecule has 33 heavy (non-hydrogen) atoms. The Labute approximate surface area is 200 Å². The molecule has 3 aromatic rings. The lowest BCUT2D eigenvalue weighted by molar-refractivity contribution is 0.0574. The number of nitrogens with zero attached hydrogens (tertiary/aromatic N) is 3. The molecule has 2 atom stereocenters. The van der Waals surface area contributed by atoms with Crippen LogP contribution in [0.15, 0.2) is 47.3 Å². The number of ether oxygens (including phenoxy) is 1. The SMILES string of the molecule is CCO[C@H]1Cc2ccccc2[C@H]1Nc1c(CC)nc(-c2ccc(N(C)C)cc2Cl)n(C)c1=O. The standard InChI is InChI=1S/C26H31ClN4O2/c1-6-21-24(29-23-18-11-9-8-10-16(18)14-22(23)33-7-2)26(32)31(5)25(28-21)19-13-12-17(30(3)4)15-20(19)27/h8-13,15,22-23,29H,6-7,14H2,1-5H3/t22-,23+/m0/s1. The van der Waals surface area contributed by atoms with Gasteiger partial charge in [-0.1, -0.05) is 42.8 Å². The number of fused-ring (bicyclic) bond motifs is 1. The van der Waals surface area contributed by atoms with Crippen LogP contribution < -0.4 is 15.8 Å². The van der Waals surface area contributed by atoms with Crippen LogP contribution >= 0.6 is 11.6 Å². The summed E-state index contributed by atoms with van der Waals surface area (Å²) < 4.78 is 7.62. The Kier molecular flexibility index (Phi) is 6.77. The van der Waals surface area contributed by atoms with E-state index >= 15 is 0 Å². The van der Waals surface area contributed by atoms with Gasteiger partial charge in [0.15, 0.2) is 0 Å². The van der Waals surface area contributed by atoms with E-state index in [1.165, 1.54) is 11.1 Å². The van der Waals surface area contributed by atoms with Crippen molar-refractivity contribution >= 4 is 23.0 Å². The van der Waals surface area contributed by atoms with Gasteiger partial charge in [-0.3, -0.25) is 9.36 Å². The predicted molar refractivity (Wildman–Crippen MR) is 136 cm³/mol. The number of benzene rings is 2. The Bertz CT molecular complexity index is 1220. The third kappa shape index (κ3) is 4.37. The van der Waals surface area contributed by atoms with Crippen molar-refractivity contribution in [2.45, 2.75) is 38.8 Å². The zero-order chi connectivity index (χ0) is 23.7.